The minimum Gasteiger partial charge on any atom is -0.497 e. The van der Waals surface area contributed by atoms with Gasteiger partial charge in [-0.15, -0.1) is 0 Å². The van der Waals surface area contributed by atoms with Crippen LogP contribution in [0.25, 0.3) is 6.08 Å². The molecule has 0 unspecified atom stereocenters. The SMILES string of the molecule is COc1ccc(OCCNC(=O)/C=C/c2cccc(Cl)c2)cc1. The molecule has 0 radical (unpaired) electrons. The molecule has 2 aromatic carbocycles. The van der Waals surface area contributed by atoms with E-state index < -0.39 is 0 Å². The normalized spacial score (nSPS) is 10.5. The molecule has 120 valence electrons. The van der Waals surface area contributed by atoms with Gasteiger partial charge in [0.25, 0.3) is 0 Å². The van der Waals surface area contributed by atoms with Crippen molar-refractivity contribution in [3.05, 3.63) is 65.2 Å². The molecule has 0 saturated carbocycles. The Balaban J connectivity index is 1.70. The van der Waals surface area contributed by atoms with E-state index in [2.05, 4.69) is 5.32 Å². The van der Waals surface area contributed by atoms with Crippen molar-refractivity contribution >= 4 is 23.6 Å². The number of methoxy groups -OCH3 is 1. The van der Waals surface area contributed by atoms with E-state index in [1.807, 2.05) is 36.4 Å². The van der Waals surface area contributed by atoms with Gasteiger partial charge in [-0.3, -0.25) is 4.79 Å². The van der Waals surface area contributed by atoms with Crippen molar-refractivity contribution in [1.82, 2.24) is 5.32 Å². The minimum absolute atomic E-state index is 0.177. The van der Waals surface area contributed by atoms with Crippen molar-refractivity contribution in [3.63, 3.8) is 0 Å². The predicted octanol–water partition coefficient (Wildman–Crippen LogP) is 3.56. The van der Waals surface area contributed by atoms with Crippen LogP contribution in [-0.4, -0.2) is 26.2 Å². The molecule has 5 heteroatoms. The third-order valence-electron chi connectivity index (χ3n) is 3.01. The molecular formula is C18H18ClNO3. The Bertz CT molecular complexity index is 668. The van der Waals surface area contributed by atoms with Gasteiger partial charge in [0.1, 0.15) is 18.1 Å². The van der Waals surface area contributed by atoms with Crippen molar-refractivity contribution in [2.75, 3.05) is 20.3 Å². The highest BCUT2D eigenvalue weighted by molar-refractivity contribution is 6.30. The molecule has 4 nitrogen and oxygen atoms in total. The molecule has 23 heavy (non-hydrogen) atoms. The number of rotatable bonds is 7. The van der Waals surface area contributed by atoms with Crippen LogP contribution in [0.3, 0.4) is 0 Å². The van der Waals surface area contributed by atoms with Crippen molar-refractivity contribution in [2.45, 2.75) is 0 Å². The summed E-state index contributed by atoms with van der Waals surface area (Å²) in [5, 5.41) is 3.39. The van der Waals surface area contributed by atoms with E-state index in [0.29, 0.717) is 18.2 Å². The van der Waals surface area contributed by atoms with E-state index in [9.17, 15) is 4.79 Å². The third kappa shape index (κ3) is 6.04. The van der Waals surface area contributed by atoms with Crippen LogP contribution in [0.5, 0.6) is 11.5 Å². The maximum atomic E-state index is 11.7. The van der Waals surface area contributed by atoms with E-state index in [0.717, 1.165) is 17.1 Å². The van der Waals surface area contributed by atoms with E-state index in [1.165, 1.54) is 6.08 Å². The Morgan fingerprint density at radius 1 is 1.17 bits per heavy atom. The summed E-state index contributed by atoms with van der Waals surface area (Å²) in [5.74, 6) is 1.33. The molecule has 0 aromatic heterocycles. The summed E-state index contributed by atoms with van der Waals surface area (Å²) in [7, 11) is 1.61. The largest absolute Gasteiger partial charge is 0.497 e. The van der Waals surface area contributed by atoms with Gasteiger partial charge in [-0.1, -0.05) is 23.7 Å². The molecule has 0 saturated heterocycles. The van der Waals surface area contributed by atoms with E-state index in [1.54, 1.807) is 25.3 Å². The van der Waals surface area contributed by atoms with Gasteiger partial charge < -0.3 is 14.8 Å². The second-order valence-electron chi connectivity index (χ2n) is 4.70. The van der Waals surface area contributed by atoms with Gasteiger partial charge in [0.2, 0.25) is 5.91 Å². The monoisotopic (exact) mass is 331 g/mol. The van der Waals surface area contributed by atoms with Gasteiger partial charge in [0.15, 0.2) is 0 Å². The molecule has 0 aliphatic heterocycles. The van der Waals surface area contributed by atoms with Gasteiger partial charge in [-0.2, -0.15) is 0 Å². The zero-order valence-corrected chi connectivity index (χ0v) is 13.5. The predicted molar refractivity (Wildman–Crippen MR) is 92.0 cm³/mol. The first-order chi connectivity index (χ1) is 11.2. The average molecular weight is 332 g/mol. The second kappa shape index (κ2) is 8.86. The fourth-order valence-electron chi connectivity index (χ4n) is 1.86. The van der Waals surface area contributed by atoms with Crippen molar-refractivity contribution < 1.29 is 14.3 Å². The number of nitrogens with one attached hydrogen (secondary N) is 1. The van der Waals surface area contributed by atoms with Crippen LogP contribution in [0, 0.1) is 0 Å². The lowest BCUT2D eigenvalue weighted by molar-refractivity contribution is -0.116. The molecule has 0 spiro atoms. The molecule has 0 bridgehead atoms. The molecule has 2 rings (SSSR count). The zero-order chi connectivity index (χ0) is 16.5. The zero-order valence-electron chi connectivity index (χ0n) is 12.8. The molecule has 0 aliphatic rings. The summed E-state index contributed by atoms with van der Waals surface area (Å²) in [5.41, 5.74) is 0.877. The van der Waals surface area contributed by atoms with Gasteiger partial charge >= 0.3 is 0 Å². The summed E-state index contributed by atoms with van der Waals surface area (Å²) < 4.78 is 10.6. The Morgan fingerprint density at radius 2 is 1.91 bits per heavy atom. The first kappa shape index (κ1) is 16.9. The minimum atomic E-state index is -0.177. The summed E-state index contributed by atoms with van der Waals surface area (Å²) in [6.07, 6.45) is 3.19. The van der Waals surface area contributed by atoms with Crippen LogP contribution in [0.4, 0.5) is 0 Å². The lowest BCUT2D eigenvalue weighted by atomic mass is 10.2. The molecule has 1 amide bonds. The first-order valence-corrected chi connectivity index (χ1v) is 7.53. The number of hydrogen-bond donors (Lipinski definition) is 1. The number of carbonyl (C=O) groups excluding carboxylic acids is 1. The van der Waals surface area contributed by atoms with Crippen LogP contribution < -0.4 is 14.8 Å². The maximum Gasteiger partial charge on any atom is 0.244 e. The Hall–Kier alpha value is -2.46. The topological polar surface area (TPSA) is 47.6 Å². The standard InChI is InChI=1S/C18H18ClNO3/c1-22-16-6-8-17(9-7-16)23-12-11-20-18(21)10-5-14-3-2-4-15(19)13-14/h2-10,13H,11-12H2,1H3,(H,20,21)/b10-5+. The number of ether oxygens (including phenoxy) is 2. The fraction of sp³-hybridized carbons (Fsp3) is 0.167. The number of benzene rings is 2. The Kier molecular flexibility index (Phi) is 6.51. The van der Waals surface area contributed by atoms with Gasteiger partial charge in [0.05, 0.1) is 13.7 Å². The molecule has 0 atom stereocenters. The molecule has 0 aliphatic carbocycles. The Labute approximate surface area is 140 Å². The van der Waals surface area contributed by atoms with E-state index >= 15 is 0 Å². The van der Waals surface area contributed by atoms with E-state index in [-0.39, 0.29) is 5.91 Å². The quantitative estimate of drug-likeness (QED) is 0.623. The van der Waals surface area contributed by atoms with Crippen LogP contribution in [-0.2, 0) is 4.79 Å². The van der Waals surface area contributed by atoms with Gasteiger partial charge in [-0.05, 0) is 48.0 Å². The molecule has 0 heterocycles. The number of hydrogen-bond acceptors (Lipinski definition) is 3. The van der Waals surface area contributed by atoms with Crippen LogP contribution in [0.15, 0.2) is 54.6 Å². The highest BCUT2D eigenvalue weighted by Gasteiger charge is 1.98. The average Bonchev–Trinajstić information content (AvgIpc) is 2.57. The lowest BCUT2D eigenvalue weighted by Gasteiger charge is -2.07. The second-order valence-corrected chi connectivity index (χ2v) is 5.14. The Morgan fingerprint density at radius 3 is 2.61 bits per heavy atom. The molecule has 1 N–H and O–H groups in total. The molecule has 0 fully saturated rings. The number of amides is 1. The summed E-state index contributed by atoms with van der Waals surface area (Å²) >= 11 is 5.88. The maximum absolute atomic E-state index is 11.7. The lowest BCUT2D eigenvalue weighted by Crippen LogP contribution is -2.26. The first-order valence-electron chi connectivity index (χ1n) is 7.16. The highest BCUT2D eigenvalue weighted by Crippen LogP contribution is 2.16. The number of carbonyl (C=O) groups is 1. The number of halogens is 1. The van der Waals surface area contributed by atoms with Crippen molar-refractivity contribution in [2.24, 2.45) is 0 Å². The molecule has 2 aromatic rings. The van der Waals surface area contributed by atoms with E-state index in [4.69, 9.17) is 21.1 Å². The highest BCUT2D eigenvalue weighted by atomic mass is 35.5. The summed E-state index contributed by atoms with van der Waals surface area (Å²) in [6, 6.07) is 14.6. The van der Waals surface area contributed by atoms with Crippen molar-refractivity contribution in [1.29, 1.82) is 0 Å². The van der Waals surface area contributed by atoms with Crippen LogP contribution in [0.2, 0.25) is 5.02 Å². The summed E-state index contributed by atoms with van der Waals surface area (Å²) in [4.78, 5) is 11.7. The smallest absolute Gasteiger partial charge is 0.244 e. The van der Waals surface area contributed by atoms with Gasteiger partial charge in [0, 0.05) is 11.1 Å². The van der Waals surface area contributed by atoms with Crippen LogP contribution in [0.1, 0.15) is 5.56 Å². The third-order valence-corrected chi connectivity index (χ3v) is 3.24. The van der Waals surface area contributed by atoms with Gasteiger partial charge in [-0.25, -0.2) is 0 Å². The van der Waals surface area contributed by atoms with Crippen LogP contribution >= 0.6 is 11.6 Å². The van der Waals surface area contributed by atoms with Crippen molar-refractivity contribution in [3.8, 4) is 11.5 Å². The fourth-order valence-corrected chi connectivity index (χ4v) is 2.05. The molecular weight excluding hydrogens is 314 g/mol. The summed E-state index contributed by atoms with van der Waals surface area (Å²) in [6.45, 7) is 0.813.